The van der Waals surface area contributed by atoms with Crippen LogP contribution in [-0.2, 0) is 0 Å². The fourth-order valence-corrected chi connectivity index (χ4v) is 14.6. The van der Waals surface area contributed by atoms with Crippen LogP contribution in [0.5, 0.6) is 0 Å². The fourth-order valence-electron chi connectivity index (χ4n) is 13.8. The summed E-state index contributed by atoms with van der Waals surface area (Å²) in [6, 6.07) is 87.4. The van der Waals surface area contributed by atoms with Crippen molar-refractivity contribution < 1.29 is 35.0 Å². The molecule has 11 aromatic carbocycles. The van der Waals surface area contributed by atoms with Crippen LogP contribution >= 0.6 is 11.3 Å². The minimum Gasteiger partial charge on any atom is -0.436 e. The number of nitrogens with two attached hydrogens (primary N) is 10. The molecule has 0 fully saturated rings. The van der Waals surface area contributed by atoms with E-state index in [4.69, 9.17) is 97.3 Å². The molecule has 0 amide bonds. The Hall–Kier alpha value is -18.5. The van der Waals surface area contributed by atoms with Gasteiger partial charge in [-0.2, -0.15) is 4.98 Å². The molecule has 8 heterocycles. The molecular weight excluding hydrogens is 1630 g/mol. The molecule has 0 aliphatic heterocycles. The third-order valence-corrected chi connectivity index (χ3v) is 21.3. The maximum absolute atomic E-state index is 8.76. The number of fused-ring (bicyclic) bond motifs is 5. The number of oxazole rings is 1. The van der Waals surface area contributed by atoms with Crippen molar-refractivity contribution in [1.29, 1.82) is 0 Å². The smallest absolute Gasteiger partial charge is 0.258 e. The molecule has 128 heavy (non-hydrogen) atoms. The van der Waals surface area contributed by atoms with E-state index in [1.807, 2.05) is 200 Å². The summed E-state index contributed by atoms with van der Waals surface area (Å²) in [4.78, 5) is 35.1. The van der Waals surface area contributed by atoms with Crippen LogP contribution in [0.2, 0.25) is 0 Å². The third kappa shape index (κ3) is 19.0. The quantitative estimate of drug-likeness (QED) is 0.0196. The van der Waals surface area contributed by atoms with Gasteiger partial charge in [0.05, 0.1) is 22.9 Å². The standard InChI is InChI=1S/C22H18N4O.C19H15N5O2.C19H15N5OS.C18H14N6O2.C18H16N4O/c23-21(26-27)17-11-7-15(8-12-17)14-5-9-16(10-6-14)20-13-25-22(24)19-4-2-1-3-18(19)20;20-17(24-25)11-5-7-12(8-6-11)19-23-10-16(26-19)15-9-22-18(21)14-4-2-1-3-13(14)15;20-17-9-14(13-3-1-2-4-15(13)22-17)19-23-16(10-26-19)11-5-7-12(8-6-11)18(21)24-25;19-15(23-25)10-5-7-11(8-6-10)18-22-17(24-26-18)14-9-21-16(20)13-4-2-1-3-12(13)14;19-17-11-14(15-3-1-2-4-16(15)21-17)10-7-12-5-8-13(9-6-12)18(20)22-23/h1-13,27H,(H2,23,26)(H2,24,25);1-10,25H,(H2,20,24)(H2,21,22);1-10,25H,(H2,20,22)(H2,21,24);1-9,25H,(H2,19,23)(H2,20,21);1-11,23H,(H2,19,21)(H2,20,22)/b;;;;10-7+. The van der Waals surface area contributed by atoms with E-state index in [1.54, 1.807) is 103 Å². The molecule has 0 spiro atoms. The van der Waals surface area contributed by atoms with Crippen LogP contribution < -0.4 is 57.3 Å². The number of oxime groups is 5. The number of thiazole rings is 1. The molecule has 0 saturated carbocycles. The zero-order chi connectivity index (χ0) is 89.3. The molecule has 0 radical (unpaired) electrons. The van der Waals surface area contributed by atoms with Crippen molar-refractivity contribution in [3.63, 3.8) is 0 Å². The number of benzene rings is 11. The molecule has 0 aliphatic rings. The predicted molar refractivity (Wildman–Crippen MR) is 506 cm³/mol. The molecule has 32 heteroatoms. The van der Waals surface area contributed by atoms with Crippen LogP contribution in [0.4, 0.5) is 29.1 Å². The summed E-state index contributed by atoms with van der Waals surface area (Å²) >= 11 is 1.55. The van der Waals surface area contributed by atoms with Crippen LogP contribution in [0.1, 0.15) is 38.9 Å². The molecule has 0 atom stereocenters. The first-order valence-corrected chi connectivity index (χ1v) is 39.9. The van der Waals surface area contributed by atoms with Gasteiger partial charge in [0.25, 0.3) is 5.89 Å². The molecule has 0 aliphatic carbocycles. The van der Waals surface area contributed by atoms with E-state index in [0.29, 0.717) is 85.8 Å². The van der Waals surface area contributed by atoms with Gasteiger partial charge in [0.2, 0.25) is 11.7 Å². The van der Waals surface area contributed by atoms with Gasteiger partial charge in [-0.05, 0) is 92.5 Å². The molecule has 0 unspecified atom stereocenters. The van der Waals surface area contributed by atoms with Gasteiger partial charge in [0.15, 0.2) is 34.9 Å². The van der Waals surface area contributed by atoms with E-state index in [9.17, 15) is 0 Å². The number of pyridine rings is 5. The van der Waals surface area contributed by atoms with Crippen molar-refractivity contribution in [3.05, 3.63) is 348 Å². The predicted octanol–water partition coefficient (Wildman–Crippen LogP) is 16.9. The second kappa shape index (κ2) is 38.5. The molecule has 25 N–H and O–H groups in total. The summed E-state index contributed by atoms with van der Waals surface area (Å²) < 4.78 is 11.3. The van der Waals surface area contributed by atoms with Crippen LogP contribution in [0.25, 0.3) is 156 Å². The zero-order valence-electron chi connectivity index (χ0n) is 67.6. The van der Waals surface area contributed by atoms with Crippen molar-refractivity contribution in [3.8, 4) is 89.7 Å². The number of rotatable bonds is 15. The molecule has 0 bridgehead atoms. The fraction of sp³-hybridized carbons (Fsp3) is 0. The lowest BCUT2D eigenvalue weighted by molar-refractivity contribution is 0.318. The first kappa shape index (κ1) is 84.6. The van der Waals surface area contributed by atoms with Gasteiger partial charge in [0.1, 0.15) is 34.1 Å². The Morgan fingerprint density at radius 2 is 0.695 bits per heavy atom. The number of hydrogen-bond donors (Lipinski definition) is 15. The minimum absolute atomic E-state index is 0.0298. The van der Waals surface area contributed by atoms with Gasteiger partial charge in [-0.25, -0.2) is 34.9 Å². The van der Waals surface area contributed by atoms with Crippen molar-refractivity contribution in [2.75, 3.05) is 28.7 Å². The van der Waals surface area contributed by atoms with E-state index in [2.05, 4.69) is 96.2 Å². The van der Waals surface area contributed by atoms with E-state index >= 15 is 0 Å². The number of amidine groups is 5. The van der Waals surface area contributed by atoms with Gasteiger partial charge < -0.3 is 92.3 Å². The van der Waals surface area contributed by atoms with Gasteiger partial charge in [-0.3, -0.25) is 0 Å². The summed E-state index contributed by atoms with van der Waals surface area (Å²) in [5.74, 6) is 4.61. The summed E-state index contributed by atoms with van der Waals surface area (Å²) in [5.41, 5.74) is 74.6. The van der Waals surface area contributed by atoms with Crippen molar-refractivity contribution in [2.45, 2.75) is 0 Å². The molecular formula is C96H78N24O7S. The molecule has 19 rings (SSSR count). The number of nitrogen functional groups attached to an aromatic ring is 5. The summed E-state index contributed by atoms with van der Waals surface area (Å²) in [7, 11) is 0. The van der Waals surface area contributed by atoms with Crippen molar-refractivity contribution in [1.82, 2.24) is 45.0 Å². The summed E-state index contributed by atoms with van der Waals surface area (Å²) in [5, 5.41) is 73.2. The lowest BCUT2D eigenvalue weighted by Crippen LogP contribution is -2.12. The highest BCUT2D eigenvalue weighted by molar-refractivity contribution is 7.13. The first-order chi connectivity index (χ1) is 62.3. The van der Waals surface area contributed by atoms with Gasteiger partial charge in [-0.1, -0.05) is 274 Å². The van der Waals surface area contributed by atoms with E-state index in [0.717, 1.165) is 126 Å². The van der Waals surface area contributed by atoms with Gasteiger partial charge in [-0.15, -0.1) is 11.3 Å². The van der Waals surface area contributed by atoms with Crippen LogP contribution in [0.3, 0.4) is 0 Å². The topological polar surface area (TPSA) is 565 Å². The monoisotopic (exact) mass is 1710 g/mol. The van der Waals surface area contributed by atoms with Crippen LogP contribution in [-0.4, -0.2) is 100 Å². The highest BCUT2D eigenvalue weighted by Crippen LogP contribution is 2.38. The lowest BCUT2D eigenvalue weighted by atomic mass is 9.97. The lowest BCUT2D eigenvalue weighted by Gasteiger charge is -2.09. The Balaban J connectivity index is 0.000000123. The zero-order valence-corrected chi connectivity index (χ0v) is 68.4. The number of nitrogens with zero attached hydrogens (tertiary/aromatic N) is 14. The largest absolute Gasteiger partial charge is 0.436 e. The minimum atomic E-state index is 0.0298. The Labute approximate surface area is 732 Å². The molecule has 19 aromatic rings. The number of hydrogen-bond acceptors (Lipinski definition) is 27. The molecule has 0 saturated heterocycles. The average Bonchev–Trinajstić information content (AvgIpc) is 1.55. The van der Waals surface area contributed by atoms with E-state index in [1.165, 1.54) is 0 Å². The average molecular weight is 1710 g/mol. The summed E-state index contributed by atoms with van der Waals surface area (Å²) in [6.07, 6.45) is 10.8. The number of aromatic nitrogens is 9. The molecule has 31 nitrogen and oxygen atoms in total. The van der Waals surface area contributed by atoms with Crippen molar-refractivity contribution >= 4 is 136 Å². The highest BCUT2D eigenvalue weighted by atomic mass is 32.1. The summed E-state index contributed by atoms with van der Waals surface area (Å²) in [6.45, 7) is 0. The normalized spacial score (nSPS) is 11.8. The Morgan fingerprint density at radius 1 is 0.320 bits per heavy atom. The SMILES string of the molecule is NC(=NO)c1ccc(-c2ccc(-c3cnc(N)c4ccccc34)cc2)cc1.NC(=NO)c1ccc(-c2csc(-c3cc(N)nc4ccccc34)n2)cc1.NC(=NO)c1ccc(-c2nc(-c3cnc(N)c4ccccc34)no2)cc1.NC(=NO)c1ccc(-c2ncc(-c3cnc(N)c4ccccc34)o2)cc1.NC(=NO)c1ccc(/C=C/c2cc(N)nc3ccccc23)cc1. The Bertz CT molecular complexity index is 7250. The molecule has 630 valence electrons. The first-order valence-electron chi connectivity index (χ1n) is 39.0. The maximum Gasteiger partial charge on any atom is 0.258 e. The number of para-hydroxylation sites is 2. The second-order valence-corrected chi connectivity index (χ2v) is 29.2. The Morgan fingerprint density at radius 3 is 1.19 bits per heavy atom. The highest BCUT2D eigenvalue weighted by Gasteiger charge is 2.19. The van der Waals surface area contributed by atoms with Crippen LogP contribution in [0.15, 0.2) is 344 Å². The van der Waals surface area contributed by atoms with Crippen molar-refractivity contribution in [2.24, 2.45) is 54.4 Å². The van der Waals surface area contributed by atoms with E-state index < -0.39 is 0 Å². The molecule has 8 aromatic heterocycles. The Kier molecular flexibility index (Phi) is 25.4. The second-order valence-electron chi connectivity index (χ2n) is 28.3. The van der Waals surface area contributed by atoms with Gasteiger partial charge >= 0.3 is 0 Å². The van der Waals surface area contributed by atoms with E-state index in [-0.39, 0.29) is 29.2 Å². The maximum atomic E-state index is 8.76. The number of anilines is 5. The van der Waals surface area contributed by atoms with Crippen LogP contribution in [0, 0.1) is 0 Å². The third-order valence-electron chi connectivity index (χ3n) is 20.4. The van der Waals surface area contributed by atoms with Gasteiger partial charge in [0, 0.05) is 118 Å².